The van der Waals surface area contributed by atoms with Crippen molar-refractivity contribution in [3.63, 3.8) is 0 Å². The van der Waals surface area contributed by atoms with Crippen LogP contribution in [0.4, 0.5) is 0 Å². The van der Waals surface area contributed by atoms with E-state index in [4.69, 9.17) is 0 Å². The normalized spacial score (nSPS) is 10.5. The SMILES string of the molecule is CCc1ccc(C(N=C=O)(N=C=O)c2ccc(CC)cc2)cc1. The van der Waals surface area contributed by atoms with Crippen molar-refractivity contribution in [2.75, 3.05) is 0 Å². The van der Waals surface area contributed by atoms with E-state index in [9.17, 15) is 9.59 Å². The molecule has 0 aliphatic heterocycles. The quantitative estimate of drug-likeness (QED) is 0.603. The van der Waals surface area contributed by atoms with Crippen molar-refractivity contribution in [2.24, 2.45) is 9.98 Å². The molecule has 0 atom stereocenters. The third-order valence-corrected chi connectivity index (χ3v) is 3.94. The Balaban J connectivity index is 2.66. The molecule has 2 rings (SSSR count). The minimum absolute atomic E-state index is 0.630. The number of rotatable bonds is 6. The number of isocyanates is 2. The van der Waals surface area contributed by atoms with Crippen LogP contribution in [0.1, 0.15) is 36.1 Å². The Morgan fingerprint density at radius 2 is 1.09 bits per heavy atom. The molecule has 0 amide bonds. The number of aryl methyl sites for hydroxylation is 2. The molecule has 4 nitrogen and oxygen atoms in total. The molecule has 4 heteroatoms. The van der Waals surface area contributed by atoms with Crippen LogP contribution in [-0.2, 0) is 28.1 Å². The fraction of sp³-hybridized carbons (Fsp3) is 0.263. The Morgan fingerprint density at radius 3 is 1.35 bits per heavy atom. The minimum atomic E-state index is -1.43. The van der Waals surface area contributed by atoms with Gasteiger partial charge in [0.25, 0.3) is 0 Å². The summed E-state index contributed by atoms with van der Waals surface area (Å²) >= 11 is 0. The number of hydrogen-bond donors (Lipinski definition) is 0. The molecule has 0 unspecified atom stereocenters. The Morgan fingerprint density at radius 1 is 0.739 bits per heavy atom. The monoisotopic (exact) mass is 306 g/mol. The molecule has 23 heavy (non-hydrogen) atoms. The first kappa shape index (κ1) is 16.6. The van der Waals surface area contributed by atoms with Crippen molar-refractivity contribution < 1.29 is 9.59 Å². The van der Waals surface area contributed by atoms with Crippen molar-refractivity contribution in [1.82, 2.24) is 0 Å². The van der Waals surface area contributed by atoms with Crippen LogP contribution < -0.4 is 0 Å². The summed E-state index contributed by atoms with van der Waals surface area (Å²) in [6, 6.07) is 15.1. The van der Waals surface area contributed by atoms with Crippen molar-refractivity contribution in [2.45, 2.75) is 32.4 Å². The van der Waals surface area contributed by atoms with Crippen molar-refractivity contribution >= 4 is 12.2 Å². The van der Waals surface area contributed by atoms with Gasteiger partial charge >= 0.3 is 0 Å². The third-order valence-electron chi connectivity index (χ3n) is 3.94. The minimum Gasteiger partial charge on any atom is -0.211 e. The van der Waals surface area contributed by atoms with Crippen LogP contribution >= 0.6 is 0 Å². The molecule has 0 aliphatic rings. The highest BCUT2D eigenvalue weighted by atomic mass is 16.1. The van der Waals surface area contributed by atoms with Gasteiger partial charge in [-0.1, -0.05) is 62.4 Å². The molecule has 2 aromatic rings. The number of nitrogens with zero attached hydrogens (tertiary/aromatic N) is 2. The zero-order valence-corrected chi connectivity index (χ0v) is 13.2. The van der Waals surface area contributed by atoms with Gasteiger partial charge < -0.3 is 0 Å². The van der Waals surface area contributed by atoms with Gasteiger partial charge in [0.15, 0.2) is 0 Å². The Kier molecular flexibility index (Phi) is 5.37. The molecule has 0 aromatic heterocycles. The topological polar surface area (TPSA) is 58.9 Å². The predicted molar refractivity (Wildman–Crippen MR) is 88.7 cm³/mol. The summed E-state index contributed by atoms with van der Waals surface area (Å²) in [4.78, 5) is 29.7. The molecule has 0 bridgehead atoms. The first-order chi connectivity index (χ1) is 11.2. The number of aliphatic imine (C=N–C) groups is 2. The van der Waals surface area contributed by atoms with Gasteiger partial charge in [0.05, 0.1) is 0 Å². The molecule has 0 heterocycles. The summed E-state index contributed by atoms with van der Waals surface area (Å²) in [5.41, 5.74) is 2.13. The van der Waals surface area contributed by atoms with Gasteiger partial charge in [0, 0.05) is 11.1 Å². The fourth-order valence-corrected chi connectivity index (χ4v) is 2.53. The van der Waals surface area contributed by atoms with E-state index in [1.165, 1.54) is 0 Å². The lowest BCUT2D eigenvalue weighted by molar-refractivity contribution is 0.516. The molecular formula is C19H18N2O2. The summed E-state index contributed by atoms with van der Waals surface area (Å²) in [6.07, 6.45) is 4.89. The van der Waals surface area contributed by atoms with Crippen molar-refractivity contribution in [3.05, 3.63) is 70.8 Å². The Labute approximate surface area is 135 Å². The van der Waals surface area contributed by atoms with Crippen LogP contribution in [0.2, 0.25) is 0 Å². The lowest BCUT2D eigenvalue weighted by atomic mass is 9.90. The summed E-state index contributed by atoms with van der Waals surface area (Å²) < 4.78 is 0. The number of hydrogen-bond acceptors (Lipinski definition) is 4. The molecule has 2 aromatic carbocycles. The first-order valence-electron chi connectivity index (χ1n) is 7.57. The number of benzene rings is 2. The van der Waals surface area contributed by atoms with Gasteiger partial charge in [0.2, 0.25) is 17.8 Å². The van der Waals surface area contributed by atoms with Gasteiger partial charge in [-0.25, -0.2) is 9.59 Å². The standard InChI is InChI=1S/C19H18N2O2/c1-3-15-5-9-17(10-6-15)19(20-13-22,21-14-23)18-11-7-16(4-2)8-12-18/h5-12H,3-4H2,1-2H3. The van der Waals surface area contributed by atoms with Gasteiger partial charge in [-0.2, -0.15) is 9.98 Å². The van der Waals surface area contributed by atoms with E-state index >= 15 is 0 Å². The van der Waals surface area contributed by atoms with Gasteiger partial charge in [0.1, 0.15) is 0 Å². The van der Waals surface area contributed by atoms with Crippen LogP contribution in [0.3, 0.4) is 0 Å². The largest absolute Gasteiger partial charge is 0.238 e. The van der Waals surface area contributed by atoms with Gasteiger partial charge in [-0.15, -0.1) is 0 Å². The molecule has 0 saturated carbocycles. The summed E-state index contributed by atoms with van der Waals surface area (Å²) in [5.74, 6) is 0. The molecular weight excluding hydrogens is 288 g/mol. The average Bonchev–Trinajstić information content (AvgIpc) is 2.61. The lowest BCUT2D eigenvalue weighted by Crippen LogP contribution is -2.22. The van der Waals surface area contributed by atoms with Crippen LogP contribution in [0.15, 0.2) is 58.5 Å². The molecule has 116 valence electrons. The maximum absolute atomic E-state index is 11.0. The highest BCUT2D eigenvalue weighted by Gasteiger charge is 2.34. The van der Waals surface area contributed by atoms with E-state index < -0.39 is 5.66 Å². The molecule has 0 radical (unpaired) electrons. The molecule has 0 spiro atoms. The second kappa shape index (κ2) is 7.46. The number of carbonyl (C=O) groups excluding carboxylic acids is 2. The second-order valence-electron chi connectivity index (χ2n) is 5.18. The molecule has 0 fully saturated rings. The molecule has 0 aliphatic carbocycles. The van der Waals surface area contributed by atoms with Gasteiger partial charge in [-0.05, 0) is 24.0 Å². The Hall–Kier alpha value is -2.80. The smallest absolute Gasteiger partial charge is 0.211 e. The predicted octanol–water partition coefficient (Wildman–Crippen LogP) is 3.68. The fourth-order valence-electron chi connectivity index (χ4n) is 2.53. The highest BCUT2D eigenvalue weighted by molar-refractivity contribution is 5.50. The summed E-state index contributed by atoms with van der Waals surface area (Å²) in [7, 11) is 0. The van der Waals surface area contributed by atoms with Gasteiger partial charge in [-0.3, -0.25) is 0 Å². The van der Waals surface area contributed by atoms with E-state index in [0.29, 0.717) is 11.1 Å². The van der Waals surface area contributed by atoms with Crippen LogP contribution in [0.5, 0.6) is 0 Å². The summed E-state index contributed by atoms with van der Waals surface area (Å²) in [6.45, 7) is 4.11. The van der Waals surface area contributed by atoms with E-state index in [0.717, 1.165) is 24.0 Å². The zero-order chi connectivity index (χ0) is 16.7. The van der Waals surface area contributed by atoms with E-state index in [-0.39, 0.29) is 0 Å². The molecule has 0 N–H and O–H groups in total. The average molecular weight is 306 g/mol. The Bertz CT molecular complexity index is 683. The zero-order valence-electron chi connectivity index (χ0n) is 13.2. The molecule has 0 saturated heterocycles. The summed E-state index contributed by atoms with van der Waals surface area (Å²) in [5, 5.41) is 0. The van der Waals surface area contributed by atoms with Crippen LogP contribution in [0, 0.1) is 0 Å². The first-order valence-corrected chi connectivity index (χ1v) is 7.57. The van der Waals surface area contributed by atoms with E-state index in [1.54, 1.807) is 12.2 Å². The van der Waals surface area contributed by atoms with Crippen molar-refractivity contribution in [3.8, 4) is 0 Å². The van der Waals surface area contributed by atoms with E-state index in [2.05, 4.69) is 23.8 Å². The lowest BCUT2D eigenvalue weighted by Gasteiger charge is -2.23. The maximum Gasteiger partial charge on any atom is 0.238 e. The van der Waals surface area contributed by atoms with Crippen LogP contribution in [-0.4, -0.2) is 12.2 Å². The second-order valence-corrected chi connectivity index (χ2v) is 5.18. The van der Waals surface area contributed by atoms with Crippen molar-refractivity contribution in [1.29, 1.82) is 0 Å². The maximum atomic E-state index is 11.0. The van der Waals surface area contributed by atoms with E-state index in [1.807, 2.05) is 48.5 Å². The highest BCUT2D eigenvalue weighted by Crippen LogP contribution is 2.35. The van der Waals surface area contributed by atoms with Crippen LogP contribution in [0.25, 0.3) is 0 Å². The third kappa shape index (κ3) is 3.35.